The molecule has 1 amide bonds. The van der Waals surface area contributed by atoms with Crippen LogP contribution in [-0.2, 0) is 0 Å². The average molecular weight is 406 g/mol. The largest absolute Gasteiger partial charge is 0.497 e. The number of carbonyl (C=O) groups excluding carboxylic acids is 1. The molecule has 1 atom stereocenters. The maximum absolute atomic E-state index is 12.9. The number of aromatic nitrogens is 3. The molecule has 1 unspecified atom stereocenters. The van der Waals surface area contributed by atoms with Gasteiger partial charge in [0.2, 0.25) is 5.88 Å². The van der Waals surface area contributed by atoms with Crippen molar-refractivity contribution in [3.63, 3.8) is 0 Å². The number of hydrogen-bond donors (Lipinski definition) is 1. The summed E-state index contributed by atoms with van der Waals surface area (Å²) in [5.41, 5.74) is 1.47. The second-order valence-corrected chi connectivity index (χ2v) is 7.04. The molecule has 0 spiro atoms. The van der Waals surface area contributed by atoms with E-state index in [0.717, 1.165) is 0 Å². The Labute approximate surface area is 173 Å². The van der Waals surface area contributed by atoms with Crippen molar-refractivity contribution in [1.82, 2.24) is 19.9 Å². The first-order valence-electron chi connectivity index (χ1n) is 9.63. The van der Waals surface area contributed by atoms with Gasteiger partial charge in [-0.15, -0.1) is 0 Å². The van der Waals surface area contributed by atoms with Crippen LogP contribution in [0.5, 0.6) is 11.6 Å². The minimum atomic E-state index is -0.251. The lowest BCUT2D eigenvalue weighted by Crippen LogP contribution is -2.28. The lowest BCUT2D eigenvalue weighted by molar-refractivity contribution is 0.0790. The fourth-order valence-electron chi connectivity index (χ4n) is 3.66. The van der Waals surface area contributed by atoms with Crippen LogP contribution in [0.25, 0.3) is 11.3 Å². The van der Waals surface area contributed by atoms with E-state index < -0.39 is 0 Å². The number of nitrogens with zero attached hydrogens (tertiary/aromatic N) is 3. The van der Waals surface area contributed by atoms with Crippen molar-refractivity contribution in [2.24, 2.45) is 0 Å². The van der Waals surface area contributed by atoms with Crippen molar-refractivity contribution in [3.05, 3.63) is 70.4 Å². The van der Waals surface area contributed by atoms with Crippen molar-refractivity contribution >= 4 is 5.91 Å². The number of nitrogens with one attached hydrogen (secondary N) is 1. The van der Waals surface area contributed by atoms with Crippen molar-refractivity contribution in [1.29, 1.82) is 0 Å². The fourth-order valence-corrected chi connectivity index (χ4v) is 3.66. The number of amides is 1. The second-order valence-electron chi connectivity index (χ2n) is 7.04. The Kier molecular flexibility index (Phi) is 5.47. The van der Waals surface area contributed by atoms with Crippen molar-refractivity contribution in [3.8, 4) is 22.9 Å². The molecule has 1 aliphatic rings. The van der Waals surface area contributed by atoms with Gasteiger partial charge in [0.15, 0.2) is 0 Å². The summed E-state index contributed by atoms with van der Waals surface area (Å²) >= 11 is 0. The molecule has 3 aromatic rings. The van der Waals surface area contributed by atoms with Gasteiger partial charge < -0.3 is 19.4 Å². The van der Waals surface area contributed by atoms with Crippen LogP contribution in [0.4, 0.5) is 0 Å². The van der Waals surface area contributed by atoms with Crippen molar-refractivity contribution < 1.29 is 14.3 Å². The molecule has 1 N–H and O–H groups in total. The first-order valence-corrected chi connectivity index (χ1v) is 9.63. The normalized spacial score (nSPS) is 15.8. The number of aromatic amines is 1. The maximum atomic E-state index is 12.9. The van der Waals surface area contributed by atoms with Crippen LogP contribution < -0.4 is 15.0 Å². The van der Waals surface area contributed by atoms with E-state index in [1.165, 1.54) is 13.2 Å². The molecular formula is C22H22N4O4. The standard InChI is InChI=1S/C22H22N4O4/c1-29-16-6-3-5-14(11-16)22(28)26-10-8-15(13-26)20-24-18(12-19(27)25-20)17-7-4-9-23-21(17)30-2/h3-7,9,11-12,15H,8,10,13H2,1-2H3,(H,24,25,27). The molecular weight excluding hydrogens is 384 g/mol. The Morgan fingerprint density at radius 2 is 2.03 bits per heavy atom. The van der Waals surface area contributed by atoms with Gasteiger partial charge in [0.05, 0.1) is 25.5 Å². The first kappa shape index (κ1) is 19.6. The number of pyridine rings is 1. The van der Waals surface area contributed by atoms with E-state index in [0.29, 0.717) is 53.8 Å². The van der Waals surface area contributed by atoms with E-state index in [9.17, 15) is 9.59 Å². The number of H-pyrrole nitrogens is 1. The fraction of sp³-hybridized carbons (Fsp3) is 0.273. The maximum Gasteiger partial charge on any atom is 0.254 e. The number of ether oxygens (including phenoxy) is 2. The van der Waals surface area contributed by atoms with Gasteiger partial charge in [-0.3, -0.25) is 9.59 Å². The van der Waals surface area contributed by atoms with Crippen LogP contribution in [0.2, 0.25) is 0 Å². The van der Waals surface area contributed by atoms with Gasteiger partial charge in [-0.05, 0) is 36.8 Å². The predicted molar refractivity (Wildman–Crippen MR) is 111 cm³/mol. The summed E-state index contributed by atoms with van der Waals surface area (Å²) < 4.78 is 10.5. The molecule has 4 rings (SSSR count). The Morgan fingerprint density at radius 1 is 1.17 bits per heavy atom. The lowest BCUT2D eigenvalue weighted by Gasteiger charge is -2.17. The molecule has 0 bridgehead atoms. The van der Waals surface area contributed by atoms with Gasteiger partial charge in [0, 0.05) is 36.8 Å². The van der Waals surface area contributed by atoms with E-state index in [1.54, 1.807) is 48.5 Å². The summed E-state index contributed by atoms with van der Waals surface area (Å²) in [7, 11) is 3.10. The van der Waals surface area contributed by atoms with Gasteiger partial charge in [-0.1, -0.05) is 6.07 Å². The lowest BCUT2D eigenvalue weighted by atomic mass is 10.1. The third-order valence-corrected chi connectivity index (χ3v) is 5.18. The Balaban J connectivity index is 1.58. The number of methoxy groups -OCH3 is 2. The Bertz CT molecular complexity index is 1130. The minimum Gasteiger partial charge on any atom is -0.497 e. The van der Waals surface area contributed by atoms with E-state index in [-0.39, 0.29) is 17.4 Å². The number of likely N-dealkylation sites (tertiary alicyclic amines) is 1. The number of hydrogen-bond acceptors (Lipinski definition) is 6. The highest BCUT2D eigenvalue weighted by atomic mass is 16.5. The molecule has 2 aromatic heterocycles. The highest BCUT2D eigenvalue weighted by molar-refractivity contribution is 5.94. The zero-order chi connectivity index (χ0) is 21.1. The molecule has 154 valence electrons. The molecule has 1 fully saturated rings. The summed E-state index contributed by atoms with van der Waals surface area (Å²) in [6.45, 7) is 1.07. The van der Waals surface area contributed by atoms with Crippen molar-refractivity contribution in [2.45, 2.75) is 12.3 Å². The van der Waals surface area contributed by atoms with Crippen LogP contribution in [0, 0.1) is 0 Å². The highest BCUT2D eigenvalue weighted by Crippen LogP contribution is 2.29. The predicted octanol–water partition coefficient (Wildman–Crippen LogP) is 2.48. The Morgan fingerprint density at radius 3 is 2.83 bits per heavy atom. The molecule has 0 radical (unpaired) electrons. The molecule has 8 nitrogen and oxygen atoms in total. The van der Waals surface area contributed by atoms with Crippen molar-refractivity contribution in [2.75, 3.05) is 27.3 Å². The third-order valence-electron chi connectivity index (χ3n) is 5.18. The van der Waals surface area contributed by atoms with Crippen LogP contribution in [0.3, 0.4) is 0 Å². The minimum absolute atomic E-state index is 0.0603. The van der Waals surface area contributed by atoms with Gasteiger partial charge >= 0.3 is 0 Å². The van der Waals surface area contributed by atoms with E-state index >= 15 is 0 Å². The van der Waals surface area contributed by atoms with Gasteiger partial charge in [-0.2, -0.15) is 0 Å². The molecule has 0 saturated carbocycles. The molecule has 8 heteroatoms. The van der Waals surface area contributed by atoms with E-state index in [1.807, 2.05) is 6.07 Å². The quantitative estimate of drug-likeness (QED) is 0.699. The van der Waals surface area contributed by atoms with Crippen LogP contribution >= 0.6 is 0 Å². The summed E-state index contributed by atoms with van der Waals surface area (Å²) in [6.07, 6.45) is 2.34. The van der Waals surface area contributed by atoms with Crippen LogP contribution in [0.15, 0.2) is 53.5 Å². The van der Waals surface area contributed by atoms with Crippen LogP contribution in [0.1, 0.15) is 28.5 Å². The summed E-state index contributed by atoms with van der Waals surface area (Å²) in [5.74, 6) is 1.48. The molecule has 0 aliphatic carbocycles. The molecule has 1 saturated heterocycles. The topological polar surface area (TPSA) is 97.4 Å². The third kappa shape index (κ3) is 3.89. The van der Waals surface area contributed by atoms with Gasteiger partial charge in [-0.25, -0.2) is 9.97 Å². The summed E-state index contributed by atoms with van der Waals surface area (Å²) in [4.78, 5) is 38.6. The summed E-state index contributed by atoms with van der Waals surface area (Å²) in [6, 6.07) is 12.1. The number of benzene rings is 1. The average Bonchev–Trinajstić information content (AvgIpc) is 3.28. The van der Waals surface area contributed by atoms with Gasteiger partial charge in [0.1, 0.15) is 11.6 Å². The smallest absolute Gasteiger partial charge is 0.254 e. The molecule has 3 heterocycles. The summed E-state index contributed by atoms with van der Waals surface area (Å²) in [5, 5.41) is 0. The second kappa shape index (κ2) is 8.36. The Hall–Kier alpha value is -3.68. The highest BCUT2D eigenvalue weighted by Gasteiger charge is 2.30. The van der Waals surface area contributed by atoms with E-state index in [2.05, 4.69) is 15.0 Å². The SMILES string of the molecule is COc1cccc(C(=O)N2CCC(c3nc(-c4cccnc4OC)cc(=O)[nH]3)C2)c1. The number of rotatable bonds is 5. The van der Waals surface area contributed by atoms with E-state index in [4.69, 9.17) is 9.47 Å². The molecule has 1 aromatic carbocycles. The van der Waals surface area contributed by atoms with Gasteiger partial charge in [0.25, 0.3) is 11.5 Å². The van der Waals surface area contributed by atoms with Crippen LogP contribution in [-0.4, -0.2) is 53.1 Å². The first-order chi connectivity index (χ1) is 14.6. The monoisotopic (exact) mass is 406 g/mol. The number of carbonyl (C=O) groups is 1. The molecule has 30 heavy (non-hydrogen) atoms. The zero-order valence-corrected chi connectivity index (χ0v) is 16.8. The zero-order valence-electron chi connectivity index (χ0n) is 16.8. The molecule has 1 aliphatic heterocycles.